The molecule has 2 nitrogen and oxygen atoms in total. The smallest absolute Gasteiger partial charge is 0.118 e. The van der Waals surface area contributed by atoms with Crippen LogP contribution in [0.15, 0.2) is 24.3 Å². The molecule has 78 valence electrons. The maximum Gasteiger partial charge on any atom is 0.118 e. The normalized spacial score (nSPS) is 12.5. The molecule has 14 heavy (non-hydrogen) atoms. The number of methoxy groups -OCH3 is 1. The summed E-state index contributed by atoms with van der Waals surface area (Å²) in [4.78, 5) is 0. The Labute approximate surface area is 86.3 Å². The molecule has 0 fully saturated rings. The molecule has 0 saturated heterocycles. The van der Waals surface area contributed by atoms with E-state index in [4.69, 9.17) is 4.74 Å². The van der Waals surface area contributed by atoms with Crippen molar-refractivity contribution in [2.75, 3.05) is 20.7 Å². The Bertz CT molecular complexity index is 256. The van der Waals surface area contributed by atoms with Gasteiger partial charge in [0.25, 0.3) is 0 Å². The van der Waals surface area contributed by atoms with Crippen LogP contribution in [0.25, 0.3) is 0 Å². The lowest BCUT2D eigenvalue weighted by atomic mass is 9.98. The van der Waals surface area contributed by atoms with E-state index in [1.54, 1.807) is 7.11 Å². The van der Waals surface area contributed by atoms with Gasteiger partial charge in [-0.25, -0.2) is 0 Å². The number of nitrogens with one attached hydrogen (secondary N) is 1. The lowest BCUT2D eigenvalue weighted by Gasteiger charge is -2.11. The molecular formula is C12H19NO. The molecule has 0 saturated carbocycles. The molecule has 1 atom stereocenters. The van der Waals surface area contributed by atoms with E-state index < -0.39 is 0 Å². The predicted octanol–water partition coefficient (Wildman–Crippen LogP) is 2.41. The van der Waals surface area contributed by atoms with Crippen molar-refractivity contribution in [3.05, 3.63) is 29.8 Å². The van der Waals surface area contributed by atoms with Crippen LogP contribution in [0.3, 0.4) is 0 Å². The first-order chi connectivity index (χ1) is 6.77. The van der Waals surface area contributed by atoms with Gasteiger partial charge in [0.1, 0.15) is 5.75 Å². The van der Waals surface area contributed by atoms with Crippen LogP contribution in [-0.4, -0.2) is 20.7 Å². The van der Waals surface area contributed by atoms with Gasteiger partial charge in [0, 0.05) is 0 Å². The van der Waals surface area contributed by atoms with E-state index in [1.165, 1.54) is 12.0 Å². The molecule has 1 rings (SSSR count). The Balaban J connectivity index is 2.57. The van der Waals surface area contributed by atoms with Crippen molar-refractivity contribution in [1.82, 2.24) is 5.32 Å². The summed E-state index contributed by atoms with van der Waals surface area (Å²) < 4.78 is 5.12. The number of hydrogen-bond acceptors (Lipinski definition) is 2. The Morgan fingerprint density at radius 2 is 1.93 bits per heavy atom. The van der Waals surface area contributed by atoms with Crippen LogP contribution in [0.2, 0.25) is 0 Å². The Morgan fingerprint density at radius 1 is 1.29 bits per heavy atom. The molecule has 1 unspecified atom stereocenters. The van der Waals surface area contributed by atoms with Gasteiger partial charge in [-0.3, -0.25) is 0 Å². The fraction of sp³-hybridized carbons (Fsp3) is 0.500. The van der Waals surface area contributed by atoms with Crippen molar-refractivity contribution >= 4 is 0 Å². The summed E-state index contributed by atoms with van der Waals surface area (Å²) in [5, 5.41) is 3.17. The number of ether oxygens (including phenoxy) is 1. The minimum absolute atomic E-state index is 0.605. The maximum absolute atomic E-state index is 5.12. The first-order valence-corrected chi connectivity index (χ1v) is 5.06. The third-order valence-corrected chi connectivity index (χ3v) is 2.51. The van der Waals surface area contributed by atoms with Crippen LogP contribution in [0.4, 0.5) is 0 Å². The molecule has 0 amide bonds. The molecular weight excluding hydrogens is 174 g/mol. The van der Waals surface area contributed by atoms with Crippen molar-refractivity contribution in [3.63, 3.8) is 0 Å². The van der Waals surface area contributed by atoms with Crippen LogP contribution in [0.5, 0.6) is 5.75 Å². The van der Waals surface area contributed by atoms with E-state index in [1.807, 2.05) is 19.2 Å². The number of rotatable bonds is 5. The fourth-order valence-electron chi connectivity index (χ4n) is 1.46. The average Bonchev–Trinajstić information content (AvgIpc) is 2.26. The zero-order valence-electron chi connectivity index (χ0n) is 9.21. The second-order valence-corrected chi connectivity index (χ2v) is 3.57. The van der Waals surface area contributed by atoms with Crippen LogP contribution in [0.1, 0.15) is 24.8 Å². The number of benzene rings is 1. The second kappa shape index (κ2) is 5.66. The summed E-state index contributed by atoms with van der Waals surface area (Å²) in [6.07, 6.45) is 1.17. The third kappa shape index (κ3) is 3.04. The molecule has 0 aliphatic rings. The molecule has 0 aromatic heterocycles. The Hall–Kier alpha value is -1.02. The second-order valence-electron chi connectivity index (χ2n) is 3.57. The van der Waals surface area contributed by atoms with Gasteiger partial charge in [-0.2, -0.15) is 0 Å². The van der Waals surface area contributed by atoms with Crippen molar-refractivity contribution in [2.45, 2.75) is 19.3 Å². The van der Waals surface area contributed by atoms with Crippen molar-refractivity contribution < 1.29 is 4.74 Å². The Morgan fingerprint density at radius 3 is 2.43 bits per heavy atom. The molecule has 1 aromatic carbocycles. The van der Waals surface area contributed by atoms with E-state index in [9.17, 15) is 0 Å². The topological polar surface area (TPSA) is 21.3 Å². The van der Waals surface area contributed by atoms with E-state index >= 15 is 0 Å². The van der Waals surface area contributed by atoms with Gasteiger partial charge in [-0.15, -0.1) is 0 Å². The third-order valence-electron chi connectivity index (χ3n) is 2.51. The zero-order valence-corrected chi connectivity index (χ0v) is 9.21. The standard InChI is InChI=1S/C12H19NO/c1-10(8-9-13-2)11-4-6-12(14-3)7-5-11/h4-7,10,13H,8-9H2,1-3H3. The molecule has 0 spiro atoms. The minimum Gasteiger partial charge on any atom is -0.497 e. The molecule has 1 N–H and O–H groups in total. The molecule has 0 heterocycles. The molecule has 0 aliphatic carbocycles. The van der Waals surface area contributed by atoms with Crippen molar-refractivity contribution in [1.29, 1.82) is 0 Å². The largest absolute Gasteiger partial charge is 0.497 e. The summed E-state index contributed by atoms with van der Waals surface area (Å²) in [6.45, 7) is 3.31. The molecule has 0 radical (unpaired) electrons. The monoisotopic (exact) mass is 193 g/mol. The lowest BCUT2D eigenvalue weighted by Crippen LogP contribution is -2.10. The fourth-order valence-corrected chi connectivity index (χ4v) is 1.46. The van der Waals surface area contributed by atoms with Crippen LogP contribution < -0.4 is 10.1 Å². The summed E-state index contributed by atoms with van der Waals surface area (Å²) in [5.41, 5.74) is 1.38. The van der Waals surface area contributed by atoms with Crippen molar-refractivity contribution in [3.8, 4) is 5.75 Å². The van der Waals surface area contributed by atoms with Gasteiger partial charge in [-0.05, 0) is 43.6 Å². The molecule has 2 heteroatoms. The highest BCUT2D eigenvalue weighted by Crippen LogP contribution is 2.21. The summed E-state index contributed by atoms with van der Waals surface area (Å²) in [5.74, 6) is 1.53. The SMILES string of the molecule is CNCCC(C)c1ccc(OC)cc1. The van der Waals surface area contributed by atoms with Gasteiger partial charge in [-0.1, -0.05) is 19.1 Å². The first-order valence-electron chi connectivity index (χ1n) is 5.06. The highest BCUT2D eigenvalue weighted by molar-refractivity contribution is 5.29. The van der Waals surface area contributed by atoms with Gasteiger partial charge < -0.3 is 10.1 Å². The maximum atomic E-state index is 5.12. The van der Waals surface area contributed by atoms with Gasteiger partial charge in [0.05, 0.1) is 7.11 Å². The van der Waals surface area contributed by atoms with Gasteiger partial charge in [0.2, 0.25) is 0 Å². The lowest BCUT2D eigenvalue weighted by molar-refractivity contribution is 0.414. The Kier molecular flexibility index (Phi) is 4.47. The quantitative estimate of drug-likeness (QED) is 0.775. The summed E-state index contributed by atoms with van der Waals surface area (Å²) in [6, 6.07) is 8.31. The van der Waals surface area contributed by atoms with E-state index in [0.717, 1.165) is 12.3 Å². The van der Waals surface area contributed by atoms with Gasteiger partial charge in [0.15, 0.2) is 0 Å². The van der Waals surface area contributed by atoms with Crippen LogP contribution >= 0.6 is 0 Å². The average molecular weight is 193 g/mol. The highest BCUT2D eigenvalue weighted by Gasteiger charge is 2.04. The molecule has 0 aliphatic heterocycles. The number of hydrogen-bond donors (Lipinski definition) is 1. The van der Waals surface area contributed by atoms with E-state index in [0.29, 0.717) is 5.92 Å². The van der Waals surface area contributed by atoms with Crippen LogP contribution in [0, 0.1) is 0 Å². The highest BCUT2D eigenvalue weighted by atomic mass is 16.5. The minimum atomic E-state index is 0.605. The summed E-state index contributed by atoms with van der Waals surface area (Å²) >= 11 is 0. The molecule has 1 aromatic rings. The van der Waals surface area contributed by atoms with Gasteiger partial charge >= 0.3 is 0 Å². The van der Waals surface area contributed by atoms with E-state index in [2.05, 4.69) is 24.4 Å². The predicted molar refractivity (Wildman–Crippen MR) is 60.0 cm³/mol. The first kappa shape index (κ1) is 11.1. The van der Waals surface area contributed by atoms with E-state index in [-0.39, 0.29) is 0 Å². The van der Waals surface area contributed by atoms with Crippen molar-refractivity contribution in [2.24, 2.45) is 0 Å². The summed E-state index contributed by atoms with van der Waals surface area (Å²) in [7, 11) is 3.68. The van der Waals surface area contributed by atoms with Crippen LogP contribution in [-0.2, 0) is 0 Å². The zero-order chi connectivity index (χ0) is 10.4. The molecule has 0 bridgehead atoms.